The summed E-state index contributed by atoms with van der Waals surface area (Å²) in [6, 6.07) is 0. The summed E-state index contributed by atoms with van der Waals surface area (Å²) in [5.74, 6) is 0. The second-order valence-electron chi connectivity index (χ2n) is 2.04. The second kappa shape index (κ2) is 4.15. The molecule has 52 valence electrons. The highest BCUT2D eigenvalue weighted by Gasteiger charge is 1.80. The summed E-state index contributed by atoms with van der Waals surface area (Å²) < 4.78 is 0. The molecular formula is C7H13NO. The first-order chi connectivity index (χ1) is 4.13. The van der Waals surface area contributed by atoms with Gasteiger partial charge in [0, 0.05) is 5.70 Å². The van der Waals surface area contributed by atoms with Crippen molar-refractivity contribution in [3.63, 3.8) is 0 Å². The van der Waals surface area contributed by atoms with Crippen LogP contribution in [0.3, 0.4) is 0 Å². The first-order valence-electron chi connectivity index (χ1n) is 2.91. The van der Waals surface area contributed by atoms with Gasteiger partial charge < -0.3 is 10.8 Å². The average molecular weight is 127 g/mol. The van der Waals surface area contributed by atoms with E-state index in [0.717, 1.165) is 5.70 Å². The fourth-order valence-electron chi connectivity index (χ4n) is 0.368. The fourth-order valence-corrected chi connectivity index (χ4v) is 0.368. The Kier molecular flexibility index (Phi) is 3.80. The summed E-state index contributed by atoms with van der Waals surface area (Å²) >= 11 is 0. The van der Waals surface area contributed by atoms with E-state index in [2.05, 4.69) is 0 Å². The summed E-state index contributed by atoms with van der Waals surface area (Å²) in [4.78, 5) is 0. The molecule has 0 fully saturated rings. The van der Waals surface area contributed by atoms with Crippen molar-refractivity contribution in [3.05, 3.63) is 23.9 Å². The molecule has 0 spiro atoms. The lowest BCUT2D eigenvalue weighted by Crippen LogP contribution is -1.92. The van der Waals surface area contributed by atoms with Crippen LogP contribution in [-0.4, -0.2) is 11.2 Å². The van der Waals surface area contributed by atoms with E-state index in [-0.39, 0.29) is 6.10 Å². The van der Waals surface area contributed by atoms with Crippen LogP contribution in [0, 0.1) is 0 Å². The number of aliphatic hydroxyl groups is 1. The number of rotatable bonds is 2. The molecule has 2 heteroatoms. The second-order valence-corrected chi connectivity index (χ2v) is 2.04. The van der Waals surface area contributed by atoms with Gasteiger partial charge in [-0.3, -0.25) is 0 Å². The highest BCUT2D eigenvalue weighted by molar-refractivity contribution is 5.08. The molecule has 0 bridgehead atoms. The van der Waals surface area contributed by atoms with Crippen LogP contribution in [0.5, 0.6) is 0 Å². The maximum Gasteiger partial charge on any atom is 0.0695 e. The van der Waals surface area contributed by atoms with Crippen LogP contribution in [0.25, 0.3) is 0 Å². The Balaban J connectivity index is 3.60. The largest absolute Gasteiger partial charge is 0.402 e. The lowest BCUT2D eigenvalue weighted by molar-refractivity contribution is 0.244. The highest BCUT2D eigenvalue weighted by atomic mass is 16.3. The van der Waals surface area contributed by atoms with Gasteiger partial charge in [0.25, 0.3) is 0 Å². The first-order valence-corrected chi connectivity index (χ1v) is 2.91. The topological polar surface area (TPSA) is 46.2 Å². The third kappa shape index (κ3) is 7.24. The minimum absolute atomic E-state index is 0.388. The Bertz CT molecular complexity index is 121. The minimum Gasteiger partial charge on any atom is -0.402 e. The van der Waals surface area contributed by atoms with Gasteiger partial charge >= 0.3 is 0 Å². The van der Waals surface area contributed by atoms with Gasteiger partial charge in [-0.25, -0.2) is 0 Å². The SMILES string of the molecule is C/C(N)=C\C=C/C(C)O. The maximum absolute atomic E-state index is 8.71. The Morgan fingerprint density at radius 2 is 2.22 bits per heavy atom. The van der Waals surface area contributed by atoms with Gasteiger partial charge in [0.2, 0.25) is 0 Å². The molecule has 0 aliphatic heterocycles. The molecular weight excluding hydrogens is 114 g/mol. The van der Waals surface area contributed by atoms with Gasteiger partial charge in [-0.2, -0.15) is 0 Å². The molecule has 0 amide bonds. The van der Waals surface area contributed by atoms with E-state index < -0.39 is 0 Å². The van der Waals surface area contributed by atoms with Gasteiger partial charge in [0.1, 0.15) is 0 Å². The third-order valence-electron chi connectivity index (χ3n) is 0.749. The standard InChI is InChI=1S/C7H13NO/c1-6(8)4-3-5-7(2)9/h3-5,7,9H,8H2,1-2H3/b5-3-,6-4+. The Morgan fingerprint density at radius 3 is 2.56 bits per heavy atom. The van der Waals surface area contributed by atoms with Crippen molar-refractivity contribution >= 4 is 0 Å². The zero-order valence-corrected chi connectivity index (χ0v) is 5.83. The predicted octanol–water partition coefficient (Wildman–Crippen LogP) is 0.786. The molecule has 0 saturated heterocycles. The van der Waals surface area contributed by atoms with Gasteiger partial charge in [-0.05, 0) is 19.9 Å². The molecule has 0 aliphatic carbocycles. The van der Waals surface area contributed by atoms with E-state index in [1.165, 1.54) is 0 Å². The van der Waals surface area contributed by atoms with Crippen molar-refractivity contribution in [1.82, 2.24) is 0 Å². The van der Waals surface area contributed by atoms with Crippen molar-refractivity contribution in [2.45, 2.75) is 20.0 Å². The number of hydrogen-bond donors (Lipinski definition) is 2. The summed E-state index contributed by atoms with van der Waals surface area (Å²) in [7, 11) is 0. The van der Waals surface area contributed by atoms with Crippen molar-refractivity contribution in [2.75, 3.05) is 0 Å². The molecule has 0 rings (SSSR count). The van der Waals surface area contributed by atoms with Gasteiger partial charge in [0.05, 0.1) is 6.10 Å². The van der Waals surface area contributed by atoms with E-state index in [0.29, 0.717) is 0 Å². The molecule has 9 heavy (non-hydrogen) atoms. The Hall–Kier alpha value is -0.760. The molecule has 1 unspecified atom stereocenters. The molecule has 2 nitrogen and oxygen atoms in total. The number of allylic oxidation sites excluding steroid dienone is 3. The van der Waals surface area contributed by atoms with E-state index in [9.17, 15) is 0 Å². The molecule has 0 heterocycles. The normalized spacial score (nSPS) is 16.6. The quantitative estimate of drug-likeness (QED) is 0.538. The molecule has 0 aromatic rings. The lowest BCUT2D eigenvalue weighted by Gasteiger charge is -1.89. The van der Waals surface area contributed by atoms with Crippen LogP contribution in [0.15, 0.2) is 23.9 Å². The molecule has 1 atom stereocenters. The number of aliphatic hydroxyl groups excluding tert-OH is 1. The van der Waals surface area contributed by atoms with Crippen LogP contribution >= 0.6 is 0 Å². The van der Waals surface area contributed by atoms with E-state index in [1.807, 2.05) is 0 Å². The Morgan fingerprint density at radius 1 is 1.67 bits per heavy atom. The molecule has 0 radical (unpaired) electrons. The van der Waals surface area contributed by atoms with Crippen molar-refractivity contribution in [3.8, 4) is 0 Å². The van der Waals surface area contributed by atoms with Crippen molar-refractivity contribution in [1.29, 1.82) is 0 Å². The summed E-state index contributed by atoms with van der Waals surface area (Å²) in [5.41, 5.74) is 6.05. The van der Waals surface area contributed by atoms with E-state index >= 15 is 0 Å². The van der Waals surface area contributed by atoms with Gasteiger partial charge in [-0.1, -0.05) is 12.2 Å². The van der Waals surface area contributed by atoms with Gasteiger partial charge in [0.15, 0.2) is 0 Å². The maximum atomic E-state index is 8.71. The summed E-state index contributed by atoms with van der Waals surface area (Å²) in [5, 5.41) is 8.71. The zero-order chi connectivity index (χ0) is 7.28. The van der Waals surface area contributed by atoms with Crippen LogP contribution in [0.4, 0.5) is 0 Å². The smallest absolute Gasteiger partial charge is 0.0695 e. The van der Waals surface area contributed by atoms with Crippen LogP contribution in [-0.2, 0) is 0 Å². The molecule has 0 aliphatic rings. The van der Waals surface area contributed by atoms with Crippen LogP contribution < -0.4 is 5.73 Å². The van der Waals surface area contributed by atoms with Crippen LogP contribution in [0.1, 0.15) is 13.8 Å². The Labute approximate surface area is 55.7 Å². The number of nitrogens with two attached hydrogens (primary N) is 1. The number of hydrogen-bond acceptors (Lipinski definition) is 2. The zero-order valence-electron chi connectivity index (χ0n) is 5.83. The van der Waals surface area contributed by atoms with Crippen molar-refractivity contribution < 1.29 is 5.11 Å². The summed E-state index contributed by atoms with van der Waals surface area (Å²) in [6.45, 7) is 3.49. The third-order valence-corrected chi connectivity index (χ3v) is 0.749. The average Bonchev–Trinajstić information content (AvgIpc) is 1.63. The van der Waals surface area contributed by atoms with Crippen molar-refractivity contribution in [2.24, 2.45) is 5.73 Å². The molecule has 0 aromatic heterocycles. The highest BCUT2D eigenvalue weighted by Crippen LogP contribution is 1.85. The monoisotopic (exact) mass is 127 g/mol. The molecule has 0 saturated carbocycles. The molecule has 3 N–H and O–H groups in total. The predicted molar refractivity (Wildman–Crippen MR) is 38.8 cm³/mol. The van der Waals surface area contributed by atoms with Gasteiger partial charge in [-0.15, -0.1) is 0 Å². The molecule has 0 aromatic carbocycles. The van der Waals surface area contributed by atoms with Crippen LogP contribution in [0.2, 0.25) is 0 Å². The van der Waals surface area contributed by atoms with E-state index in [4.69, 9.17) is 10.8 Å². The first kappa shape index (κ1) is 8.24. The lowest BCUT2D eigenvalue weighted by atomic mass is 10.3. The fraction of sp³-hybridized carbons (Fsp3) is 0.429. The summed E-state index contributed by atoms with van der Waals surface area (Å²) in [6.07, 6.45) is 4.75. The van der Waals surface area contributed by atoms with E-state index in [1.54, 1.807) is 32.1 Å². The minimum atomic E-state index is -0.388.